The zero-order chi connectivity index (χ0) is 15.6. The summed E-state index contributed by atoms with van der Waals surface area (Å²) in [6, 6.07) is 6.34. The summed E-state index contributed by atoms with van der Waals surface area (Å²) in [5, 5.41) is 15.0. The van der Waals surface area contributed by atoms with Crippen LogP contribution in [0.1, 0.15) is 16.9 Å². The van der Waals surface area contributed by atoms with E-state index in [9.17, 15) is 14.3 Å². The predicted molar refractivity (Wildman–Crippen MR) is 86.7 cm³/mol. The zero-order valence-corrected chi connectivity index (χ0v) is 13.3. The maximum Gasteiger partial charge on any atom is 0.270 e. The first-order chi connectivity index (χ1) is 10.6. The monoisotopic (exact) mass is 338 g/mol. The van der Waals surface area contributed by atoms with Gasteiger partial charge in [-0.05, 0) is 24.3 Å². The second kappa shape index (κ2) is 6.36. The van der Waals surface area contributed by atoms with E-state index >= 15 is 0 Å². The summed E-state index contributed by atoms with van der Waals surface area (Å²) in [4.78, 5) is 16.3. The number of hydrogen-bond donors (Lipinski definition) is 2. The van der Waals surface area contributed by atoms with Gasteiger partial charge >= 0.3 is 0 Å². The number of rotatable bonds is 4. The molecular weight excluding hydrogens is 323 g/mol. The van der Waals surface area contributed by atoms with Crippen LogP contribution >= 0.6 is 23.1 Å². The smallest absolute Gasteiger partial charge is 0.270 e. The van der Waals surface area contributed by atoms with Crippen LogP contribution in [0.25, 0.3) is 10.6 Å². The minimum Gasteiger partial charge on any atom is -0.387 e. The molecule has 0 aliphatic carbocycles. The summed E-state index contributed by atoms with van der Waals surface area (Å²) in [7, 11) is 0. The summed E-state index contributed by atoms with van der Waals surface area (Å²) < 4.78 is 13.7. The molecule has 1 amide bonds. The Kier molecular flexibility index (Phi) is 4.46. The lowest BCUT2D eigenvalue weighted by molar-refractivity contribution is 0.0611. The van der Waals surface area contributed by atoms with E-state index in [1.807, 2.05) is 0 Å². The quantitative estimate of drug-likeness (QED) is 0.899. The van der Waals surface area contributed by atoms with Gasteiger partial charge in [-0.2, -0.15) is 11.8 Å². The Morgan fingerprint density at radius 1 is 1.45 bits per heavy atom. The fraction of sp³-hybridized carbons (Fsp3) is 0.333. The molecule has 7 heteroatoms. The minimum atomic E-state index is -0.829. The van der Waals surface area contributed by atoms with Crippen LogP contribution in [0.5, 0.6) is 0 Å². The van der Waals surface area contributed by atoms with Gasteiger partial charge in [-0.25, -0.2) is 9.37 Å². The van der Waals surface area contributed by atoms with Crippen LogP contribution in [0.3, 0.4) is 0 Å². The second-order valence-electron chi connectivity index (χ2n) is 5.23. The van der Waals surface area contributed by atoms with E-state index in [0.29, 0.717) is 22.7 Å². The fourth-order valence-corrected chi connectivity index (χ4v) is 4.33. The molecule has 22 heavy (non-hydrogen) atoms. The minimum absolute atomic E-state index is 0.214. The summed E-state index contributed by atoms with van der Waals surface area (Å²) in [5.74, 6) is 0.830. The van der Waals surface area contributed by atoms with Gasteiger partial charge in [-0.3, -0.25) is 4.79 Å². The number of thiazole rings is 1. The van der Waals surface area contributed by atoms with Crippen molar-refractivity contribution in [3.63, 3.8) is 0 Å². The van der Waals surface area contributed by atoms with Crippen molar-refractivity contribution in [3.8, 4) is 10.6 Å². The highest BCUT2D eigenvalue weighted by molar-refractivity contribution is 7.99. The van der Waals surface area contributed by atoms with E-state index in [0.717, 1.165) is 5.75 Å². The molecule has 1 saturated heterocycles. The van der Waals surface area contributed by atoms with Crippen molar-refractivity contribution in [1.29, 1.82) is 0 Å². The van der Waals surface area contributed by atoms with E-state index in [-0.39, 0.29) is 24.0 Å². The molecule has 2 aromatic rings. The molecular formula is C15H15FN2O2S2. The molecule has 1 aliphatic rings. The summed E-state index contributed by atoms with van der Waals surface area (Å²) in [5.41, 5.74) is -0.195. The van der Waals surface area contributed by atoms with Gasteiger partial charge in [-0.1, -0.05) is 12.1 Å². The van der Waals surface area contributed by atoms with E-state index in [4.69, 9.17) is 0 Å². The Morgan fingerprint density at radius 2 is 2.27 bits per heavy atom. The molecule has 0 spiro atoms. The van der Waals surface area contributed by atoms with Gasteiger partial charge in [0.1, 0.15) is 16.5 Å². The number of amides is 1. The summed E-state index contributed by atoms with van der Waals surface area (Å²) in [6.45, 7) is 0.214. The van der Waals surface area contributed by atoms with E-state index in [2.05, 4.69) is 10.3 Å². The first-order valence-corrected chi connectivity index (χ1v) is 8.90. The van der Waals surface area contributed by atoms with Crippen LogP contribution in [0, 0.1) is 5.82 Å². The number of aliphatic hydroxyl groups is 1. The first kappa shape index (κ1) is 15.5. The van der Waals surface area contributed by atoms with Crippen molar-refractivity contribution in [2.45, 2.75) is 12.0 Å². The average molecular weight is 338 g/mol. The molecule has 1 fully saturated rings. The van der Waals surface area contributed by atoms with E-state index < -0.39 is 5.60 Å². The van der Waals surface area contributed by atoms with Gasteiger partial charge < -0.3 is 10.4 Å². The van der Waals surface area contributed by atoms with Gasteiger partial charge in [0.25, 0.3) is 5.91 Å². The number of halogens is 1. The average Bonchev–Trinajstić information content (AvgIpc) is 3.15. The number of nitrogens with zero attached hydrogens (tertiary/aromatic N) is 1. The Hall–Kier alpha value is -1.44. The van der Waals surface area contributed by atoms with E-state index in [1.165, 1.54) is 17.4 Å². The molecule has 4 nitrogen and oxygen atoms in total. The molecule has 2 N–H and O–H groups in total. The lowest BCUT2D eigenvalue weighted by Gasteiger charge is -2.21. The Labute approximate surface area is 135 Å². The third-order valence-electron chi connectivity index (χ3n) is 3.50. The number of nitrogens with one attached hydrogen (secondary N) is 1. The summed E-state index contributed by atoms with van der Waals surface area (Å²) in [6.07, 6.45) is 0.676. The first-order valence-electron chi connectivity index (χ1n) is 6.86. The van der Waals surface area contributed by atoms with Crippen LogP contribution in [-0.2, 0) is 0 Å². The summed E-state index contributed by atoms with van der Waals surface area (Å²) >= 11 is 2.90. The topological polar surface area (TPSA) is 62.2 Å². The molecule has 1 atom stereocenters. The molecule has 1 aromatic heterocycles. The highest BCUT2D eigenvalue weighted by atomic mass is 32.2. The maximum atomic E-state index is 13.7. The molecule has 1 aromatic carbocycles. The number of aromatic nitrogens is 1. The van der Waals surface area contributed by atoms with Gasteiger partial charge in [-0.15, -0.1) is 11.3 Å². The molecule has 3 rings (SSSR count). The largest absolute Gasteiger partial charge is 0.387 e. The van der Waals surface area contributed by atoms with Crippen molar-refractivity contribution in [2.75, 3.05) is 18.1 Å². The van der Waals surface area contributed by atoms with Gasteiger partial charge in [0.2, 0.25) is 0 Å². The maximum absolute atomic E-state index is 13.7. The van der Waals surface area contributed by atoms with Crippen LogP contribution in [0.15, 0.2) is 29.6 Å². The second-order valence-corrected chi connectivity index (χ2v) is 7.19. The Bertz CT molecular complexity index is 684. The number of carbonyl (C=O) groups is 1. The van der Waals surface area contributed by atoms with Gasteiger partial charge in [0, 0.05) is 23.2 Å². The number of thioether (sulfide) groups is 1. The molecule has 116 valence electrons. The fourth-order valence-electron chi connectivity index (χ4n) is 2.21. The zero-order valence-electron chi connectivity index (χ0n) is 11.7. The van der Waals surface area contributed by atoms with Crippen molar-refractivity contribution in [3.05, 3.63) is 41.2 Å². The molecule has 1 aliphatic heterocycles. The van der Waals surface area contributed by atoms with E-state index in [1.54, 1.807) is 35.3 Å². The van der Waals surface area contributed by atoms with Crippen LogP contribution in [0.4, 0.5) is 4.39 Å². The Morgan fingerprint density at radius 3 is 3.00 bits per heavy atom. The number of carbonyl (C=O) groups excluding carboxylic acids is 1. The van der Waals surface area contributed by atoms with Crippen molar-refractivity contribution in [2.24, 2.45) is 0 Å². The SMILES string of the molecule is O=C(NCC1(O)CCSC1)c1csc(-c2ccccc2F)n1. The highest BCUT2D eigenvalue weighted by Crippen LogP contribution is 2.28. The lowest BCUT2D eigenvalue weighted by atomic mass is 10.0. The van der Waals surface area contributed by atoms with Crippen LogP contribution in [0.2, 0.25) is 0 Å². The third kappa shape index (κ3) is 3.31. The van der Waals surface area contributed by atoms with Crippen LogP contribution < -0.4 is 5.32 Å². The number of hydrogen-bond acceptors (Lipinski definition) is 5. The molecule has 0 saturated carbocycles. The highest BCUT2D eigenvalue weighted by Gasteiger charge is 2.32. The molecule has 0 radical (unpaired) electrons. The van der Waals surface area contributed by atoms with Crippen molar-refractivity contribution in [1.82, 2.24) is 10.3 Å². The molecule has 1 unspecified atom stereocenters. The predicted octanol–water partition coefficient (Wildman–Crippen LogP) is 2.55. The normalized spacial score (nSPS) is 21.0. The Balaban J connectivity index is 1.68. The third-order valence-corrected chi connectivity index (χ3v) is 5.61. The lowest BCUT2D eigenvalue weighted by Crippen LogP contribution is -2.43. The standard InChI is InChI=1S/C15H15FN2O2S2/c16-11-4-2-1-3-10(11)14-18-12(7-22-14)13(19)17-8-15(20)5-6-21-9-15/h1-4,7,20H,5-6,8-9H2,(H,17,19). The van der Waals surface area contributed by atoms with Gasteiger partial charge in [0.15, 0.2) is 0 Å². The number of benzene rings is 1. The van der Waals surface area contributed by atoms with Gasteiger partial charge in [0.05, 0.1) is 5.60 Å². The van der Waals surface area contributed by atoms with Crippen molar-refractivity contribution >= 4 is 29.0 Å². The molecule has 2 heterocycles. The molecule has 0 bridgehead atoms. The van der Waals surface area contributed by atoms with Crippen LogP contribution in [-0.4, -0.2) is 39.6 Å². The van der Waals surface area contributed by atoms with Crippen molar-refractivity contribution < 1.29 is 14.3 Å².